The second kappa shape index (κ2) is 7.96. The minimum Gasteiger partial charge on any atom is -0.318 e. The van der Waals surface area contributed by atoms with Gasteiger partial charge in [-0.05, 0) is 24.3 Å². The maximum absolute atomic E-state index is 13.3. The number of halogens is 5. The van der Waals surface area contributed by atoms with Crippen molar-refractivity contribution in [2.75, 3.05) is 5.32 Å². The molecule has 0 aliphatic heterocycles. The molecule has 2 rings (SSSR count). The minimum atomic E-state index is -4.72. The Morgan fingerprint density at radius 3 is 2.42 bits per heavy atom. The van der Waals surface area contributed by atoms with E-state index in [0.29, 0.717) is 6.07 Å². The second-order valence-electron chi connectivity index (χ2n) is 4.87. The Hall–Kier alpha value is -2.94. The number of hydrogen-bond donors (Lipinski definition) is 2. The van der Waals surface area contributed by atoms with Crippen molar-refractivity contribution in [1.29, 1.82) is 0 Å². The summed E-state index contributed by atoms with van der Waals surface area (Å²) in [6, 6.07) is 8.19. The highest BCUT2D eigenvalue weighted by molar-refractivity contribution is 6.39. The molecule has 0 heterocycles. The molecule has 136 valence electrons. The molecule has 0 bridgehead atoms. The number of amides is 2. The van der Waals surface area contributed by atoms with Gasteiger partial charge in [0.2, 0.25) is 0 Å². The van der Waals surface area contributed by atoms with Crippen molar-refractivity contribution < 1.29 is 27.2 Å². The molecule has 0 aliphatic rings. The van der Waals surface area contributed by atoms with Gasteiger partial charge in [0.25, 0.3) is 0 Å². The van der Waals surface area contributed by atoms with Gasteiger partial charge < -0.3 is 5.32 Å². The van der Waals surface area contributed by atoms with Crippen LogP contribution in [0.25, 0.3) is 0 Å². The molecule has 0 aliphatic carbocycles. The van der Waals surface area contributed by atoms with Gasteiger partial charge in [-0.2, -0.15) is 18.3 Å². The maximum Gasteiger partial charge on any atom is 0.417 e. The van der Waals surface area contributed by atoms with E-state index in [1.165, 1.54) is 24.3 Å². The lowest BCUT2D eigenvalue weighted by atomic mass is 10.2. The van der Waals surface area contributed by atoms with Gasteiger partial charge in [0, 0.05) is 11.3 Å². The van der Waals surface area contributed by atoms with E-state index in [0.717, 1.165) is 18.3 Å². The molecule has 2 amide bonds. The molecule has 0 unspecified atom stereocenters. The summed E-state index contributed by atoms with van der Waals surface area (Å²) in [5.41, 5.74) is 0.473. The average Bonchev–Trinajstić information content (AvgIpc) is 2.57. The first-order chi connectivity index (χ1) is 12.2. The van der Waals surface area contributed by atoms with Crippen LogP contribution in [0.2, 0.25) is 5.02 Å². The predicted octanol–water partition coefficient (Wildman–Crippen LogP) is 3.59. The number of alkyl halides is 3. The number of anilines is 1. The van der Waals surface area contributed by atoms with E-state index in [4.69, 9.17) is 11.6 Å². The van der Waals surface area contributed by atoms with Crippen molar-refractivity contribution in [2.24, 2.45) is 5.10 Å². The highest BCUT2D eigenvalue weighted by Gasteiger charge is 2.33. The van der Waals surface area contributed by atoms with Crippen molar-refractivity contribution in [3.63, 3.8) is 0 Å². The Bertz CT molecular complexity index is 869. The highest BCUT2D eigenvalue weighted by Crippen LogP contribution is 2.36. The molecule has 2 N–H and O–H groups in total. The SMILES string of the molecule is O=C(N/N=C\c1ccccc1F)C(=O)Nc1ccc(Cl)c(C(F)(F)F)c1. The largest absolute Gasteiger partial charge is 0.417 e. The average molecular weight is 388 g/mol. The summed E-state index contributed by atoms with van der Waals surface area (Å²) < 4.78 is 51.6. The first-order valence-corrected chi connectivity index (χ1v) is 7.32. The second-order valence-corrected chi connectivity index (χ2v) is 5.27. The number of rotatable bonds is 3. The van der Waals surface area contributed by atoms with Crippen LogP contribution in [-0.4, -0.2) is 18.0 Å². The molecule has 0 atom stereocenters. The van der Waals surface area contributed by atoms with E-state index < -0.39 is 34.4 Å². The van der Waals surface area contributed by atoms with Gasteiger partial charge in [0.05, 0.1) is 16.8 Å². The lowest BCUT2D eigenvalue weighted by molar-refractivity contribution is -0.137. The van der Waals surface area contributed by atoms with Gasteiger partial charge in [0.15, 0.2) is 0 Å². The summed E-state index contributed by atoms with van der Waals surface area (Å²) in [4.78, 5) is 23.3. The van der Waals surface area contributed by atoms with Crippen LogP contribution < -0.4 is 10.7 Å². The van der Waals surface area contributed by atoms with Crippen LogP contribution in [0.15, 0.2) is 47.6 Å². The molecule has 26 heavy (non-hydrogen) atoms. The lowest BCUT2D eigenvalue weighted by Gasteiger charge is -2.11. The molecule has 0 spiro atoms. The van der Waals surface area contributed by atoms with Crippen LogP contribution in [0.1, 0.15) is 11.1 Å². The highest BCUT2D eigenvalue weighted by atomic mass is 35.5. The van der Waals surface area contributed by atoms with Crippen molar-refractivity contribution in [3.8, 4) is 0 Å². The van der Waals surface area contributed by atoms with E-state index in [1.807, 2.05) is 10.7 Å². The molecule has 2 aromatic carbocycles. The van der Waals surface area contributed by atoms with Crippen molar-refractivity contribution in [1.82, 2.24) is 5.43 Å². The molecule has 5 nitrogen and oxygen atoms in total. The van der Waals surface area contributed by atoms with Crippen LogP contribution in [0, 0.1) is 5.82 Å². The summed E-state index contributed by atoms with van der Waals surface area (Å²) >= 11 is 5.46. The fourth-order valence-corrected chi connectivity index (χ4v) is 2.02. The summed E-state index contributed by atoms with van der Waals surface area (Å²) in [6.07, 6.45) is -3.74. The third kappa shape index (κ3) is 5.03. The Labute approximate surface area is 149 Å². The molecule has 10 heteroatoms. The molecule has 2 aromatic rings. The molecule has 0 aromatic heterocycles. The number of hydrogen-bond acceptors (Lipinski definition) is 3. The molecule has 0 fully saturated rings. The fourth-order valence-electron chi connectivity index (χ4n) is 1.80. The number of hydrazone groups is 1. The van der Waals surface area contributed by atoms with Crippen molar-refractivity contribution >= 4 is 35.3 Å². The molecule has 0 saturated heterocycles. The Kier molecular flexibility index (Phi) is 5.93. The van der Waals surface area contributed by atoms with E-state index in [-0.39, 0.29) is 11.3 Å². The Morgan fingerprint density at radius 2 is 1.77 bits per heavy atom. The molecular formula is C16H10ClF4N3O2. The third-order valence-corrected chi connectivity index (χ3v) is 3.34. The van der Waals surface area contributed by atoms with Gasteiger partial charge in [0.1, 0.15) is 5.82 Å². The van der Waals surface area contributed by atoms with E-state index >= 15 is 0 Å². The monoisotopic (exact) mass is 387 g/mol. The number of carbonyl (C=O) groups is 2. The first kappa shape index (κ1) is 19.4. The van der Waals surface area contributed by atoms with E-state index in [2.05, 4.69) is 5.10 Å². The molecule has 0 saturated carbocycles. The summed E-state index contributed by atoms with van der Waals surface area (Å²) in [5.74, 6) is -3.09. The zero-order chi connectivity index (χ0) is 19.3. The third-order valence-electron chi connectivity index (χ3n) is 3.01. The van der Waals surface area contributed by atoms with Crippen molar-refractivity contribution in [2.45, 2.75) is 6.18 Å². The van der Waals surface area contributed by atoms with Gasteiger partial charge in [-0.25, -0.2) is 9.82 Å². The Morgan fingerprint density at radius 1 is 1.08 bits per heavy atom. The summed E-state index contributed by atoms with van der Waals surface area (Å²) in [6.45, 7) is 0. The van der Waals surface area contributed by atoms with Gasteiger partial charge >= 0.3 is 18.0 Å². The topological polar surface area (TPSA) is 70.6 Å². The summed E-state index contributed by atoms with van der Waals surface area (Å²) in [7, 11) is 0. The smallest absolute Gasteiger partial charge is 0.318 e. The van der Waals surface area contributed by atoms with Crippen LogP contribution in [-0.2, 0) is 15.8 Å². The molecule has 0 radical (unpaired) electrons. The zero-order valence-electron chi connectivity index (χ0n) is 12.8. The predicted molar refractivity (Wildman–Crippen MR) is 87.2 cm³/mol. The van der Waals surface area contributed by atoms with Crippen molar-refractivity contribution in [3.05, 3.63) is 64.4 Å². The van der Waals surface area contributed by atoms with E-state index in [1.54, 1.807) is 0 Å². The van der Waals surface area contributed by atoms with Gasteiger partial charge in [-0.3, -0.25) is 9.59 Å². The van der Waals surface area contributed by atoms with Gasteiger partial charge in [-0.1, -0.05) is 29.8 Å². The number of nitrogens with one attached hydrogen (secondary N) is 2. The van der Waals surface area contributed by atoms with Crippen LogP contribution >= 0.6 is 11.6 Å². The van der Waals surface area contributed by atoms with Crippen LogP contribution in [0.4, 0.5) is 23.2 Å². The number of carbonyl (C=O) groups excluding carboxylic acids is 2. The normalized spacial score (nSPS) is 11.4. The number of nitrogens with zero attached hydrogens (tertiary/aromatic N) is 1. The van der Waals surface area contributed by atoms with Gasteiger partial charge in [-0.15, -0.1) is 0 Å². The maximum atomic E-state index is 13.3. The fraction of sp³-hybridized carbons (Fsp3) is 0.0625. The summed E-state index contributed by atoms with van der Waals surface area (Å²) in [5, 5.41) is 4.85. The van der Waals surface area contributed by atoms with E-state index in [9.17, 15) is 27.2 Å². The van der Waals surface area contributed by atoms with Crippen LogP contribution in [0.5, 0.6) is 0 Å². The first-order valence-electron chi connectivity index (χ1n) is 6.94. The van der Waals surface area contributed by atoms with Crippen LogP contribution in [0.3, 0.4) is 0 Å². The number of benzene rings is 2. The molecular weight excluding hydrogens is 378 g/mol. The standard InChI is InChI=1S/C16H10ClF4N3O2/c17-12-6-5-10(7-11(12)16(19,20)21)23-14(25)15(26)24-22-8-9-3-1-2-4-13(9)18/h1-8H,(H,23,25)(H,24,26)/b22-8-. The zero-order valence-corrected chi connectivity index (χ0v) is 13.5. The Balaban J connectivity index is 2.01. The quantitative estimate of drug-likeness (QED) is 0.366. The lowest BCUT2D eigenvalue weighted by Crippen LogP contribution is -2.32. The minimum absolute atomic E-state index is 0.0701.